The maximum absolute atomic E-state index is 12.9. The fourth-order valence-corrected chi connectivity index (χ4v) is 4.93. The van der Waals surface area contributed by atoms with Crippen LogP contribution in [0.5, 0.6) is 0 Å². The molecule has 3 N–H and O–H groups in total. The SMILES string of the molecule is Cc1ccsc1CNC(=O)CC1(C(=O)NCc2sccc2C)CCNC1.Cl. The van der Waals surface area contributed by atoms with Gasteiger partial charge in [0, 0.05) is 22.7 Å². The third-order valence-electron chi connectivity index (χ3n) is 5.02. The maximum Gasteiger partial charge on any atom is 0.228 e. The highest BCUT2D eigenvalue weighted by Crippen LogP contribution is 2.30. The largest absolute Gasteiger partial charge is 0.351 e. The first-order valence-corrected chi connectivity index (χ1v) is 10.6. The number of aryl methyl sites for hydroxylation is 2. The summed E-state index contributed by atoms with van der Waals surface area (Å²) in [5, 5.41) is 13.3. The van der Waals surface area contributed by atoms with Crippen LogP contribution in [0.4, 0.5) is 0 Å². The number of carbonyl (C=O) groups excluding carboxylic acids is 2. The van der Waals surface area contributed by atoms with Crippen molar-refractivity contribution in [3.05, 3.63) is 43.8 Å². The van der Waals surface area contributed by atoms with Crippen LogP contribution in [0.1, 0.15) is 33.7 Å². The summed E-state index contributed by atoms with van der Waals surface area (Å²) in [7, 11) is 0. The average Bonchev–Trinajstić information content (AvgIpc) is 3.34. The third kappa shape index (κ3) is 5.31. The lowest BCUT2D eigenvalue weighted by atomic mass is 9.82. The summed E-state index contributed by atoms with van der Waals surface area (Å²) in [4.78, 5) is 27.7. The van der Waals surface area contributed by atoms with Gasteiger partial charge >= 0.3 is 0 Å². The molecule has 8 heteroatoms. The van der Waals surface area contributed by atoms with Crippen molar-refractivity contribution in [1.82, 2.24) is 16.0 Å². The van der Waals surface area contributed by atoms with Gasteiger partial charge in [-0.3, -0.25) is 9.59 Å². The van der Waals surface area contributed by atoms with Crippen molar-refractivity contribution in [2.45, 2.75) is 39.8 Å². The molecule has 27 heavy (non-hydrogen) atoms. The Kier molecular flexibility index (Phi) is 7.85. The van der Waals surface area contributed by atoms with Crippen molar-refractivity contribution >= 4 is 46.9 Å². The van der Waals surface area contributed by atoms with Gasteiger partial charge in [0.1, 0.15) is 0 Å². The number of amides is 2. The molecule has 1 atom stereocenters. The van der Waals surface area contributed by atoms with Gasteiger partial charge in [-0.15, -0.1) is 35.1 Å². The molecule has 2 aromatic heterocycles. The highest BCUT2D eigenvalue weighted by molar-refractivity contribution is 7.10. The van der Waals surface area contributed by atoms with E-state index in [0.29, 0.717) is 26.1 Å². The summed E-state index contributed by atoms with van der Waals surface area (Å²) < 4.78 is 0. The van der Waals surface area contributed by atoms with Gasteiger partial charge in [0.15, 0.2) is 0 Å². The quantitative estimate of drug-likeness (QED) is 0.635. The predicted octanol–water partition coefficient (Wildman–Crippen LogP) is 3.15. The molecule has 3 heterocycles. The summed E-state index contributed by atoms with van der Waals surface area (Å²) in [5.41, 5.74) is 1.73. The Bertz CT molecular complexity index is 782. The zero-order chi connectivity index (χ0) is 18.6. The van der Waals surface area contributed by atoms with Crippen LogP contribution in [0.2, 0.25) is 0 Å². The Balaban J connectivity index is 0.00000261. The summed E-state index contributed by atoms with van der Waals surface area (Å²) in [6.07, 6.45) is 0.910. The number of rotatable bonds is 7. The van der Waals surface area contributed by atoms with E-state index in [9.17, 15) is 9.59 Å². The molecule has 1 fully saturated rings. The lowest BCUT2D eigenvalue weighted by Gasteiger charge is -2.26. The Morgan fingerprint density at radius 2 is 1.67 bits per heavy atom. The number of hydrogen-bond acceptors (Lipinski definition) is 5. The Morgan fingerprint density at radius 1 is 1.07 bits per heavy atom. The molecule has 0 spiro atoms. The molecular weight excluding hydrogens is 402 g/mol. The van der Waals surface area contributed by atoms with Crippen LogP contribution in [0.3, 0.4) is 0 Å². The topological polar surface area (TPSA) is 70.2 Å². The molecule has 2 aromatic rings. The van der Waals surface area contributed by atoms with Crippen molar-refractivity contribution in [1.29, 1.82) is 0 Å². The molecule has 148 valence electrons. The summed E-state index contributed by atoms with van der Waals surface area (Å²) >= 11 is 3.29. The lowest BCUT2D eigenvalue weighted by Crippen LogP contribution is -2.45. The van der Waals surface area contributed by atoms with Crippen LogP contribution in [0.15, 0.2) is 22.9 Å². The summed E-state index contributed by atoms with van der Waals surface area (Å²) in [6, 6.07) is 4.10. The van der Waals surface area contributed by atoms with Gasteiger partial charge in [-0.25, -0.2) is 0 Å². The minimum atomic E-state index is -0.653. The number of thiophene rings is 2. The van der Waals surface area contributed by atoms with E-state index in [2.05, 4.69) is 28.1 Å². The molecule has 0 radical (unpaired) electrons. The molecule has 0 saturated carbocycles. The Labute approximate surface area is 174 Å². The monoisotopic (exact) mass is 427 g/mol. The number of hydrogen-bond donors (Lipinski definition) is 3. The lowest BCUT2D eigenvalue weighted by molar-refractivity contribution is -0.135. The molecule has 3 rings (SSSR count). The minimum Gasteiger partial charge on any atom is -0.351 e. The molecule has 1 unspecified atom stereocenters. The smallest absolute Gasteiger partial charge is 0.228 e. The normalized spacial score (nSPS) is 18.7. The molecule has 2 amide bonds. The van der Waals surface area contributed by atoms with Gasteiger partial charge in [-0.05, 0) is 60.8 Å². The van der Waals surface area contributed by atoms with Crippen molar-refractivity contribution < 1.29 is 9.59 Å². The maximum atomic E-state index is 12.9. The van der Waals surface area contributed by atoms with E-state index in [4.69, 9.17) is 0 Å². The first-order chi connectivity index (χ1) is 12.5. The van der Waals surface area contributed by atoms with E-state index in [0.717, 1.165) is 16.3 Å². The van der Waals surface area contributed by atoms with Gasteiger partial charge in [-0.1, -0.05) is 0 Å². The van der Waals surface area contributed by atoms with Crippen LogP contribution < -0.4 is 16.0 Å². The molecule has 1 aliphatic heterocycles. The van der Waals surface area contributed by atoms with Crippen LogP contribution in [0.25, 0.3) is 0 Å². The van der Waals surface area contributed by atoms with Crippen LogP contribution in [-0.4, -0.2) is 24.9 Å². The van der Waals surface area contributed by atoms with E-state index >= 15 is 0 Å². The van der Waals surface area contributed by atoms with E-state index in [1.165, 1.54) is 11.1 Å². The van der Waals surface area contributed by atoms with Crippen molar-refractivity contribution in [2.75, 3.05) is 13.1 Å². The van der Waals surface area contributed by atoms with Crippen LogP contribution in [0, 0.1) is 19.3 Å². The van der Waals surface area contributed by atoms with E-state index in [1.807, 2.05) is 24.6 Å². The molecule has 0 aliphatic carbocycles. The zero-order valence-corrected chi connectivity index (χ0v) is 18.0. The van der Waals surface area contributed by atoms with Crippen LogP contribution in [-0.2, 0) is 22.7 Å². The fourth-order valence-electron chi connectivity index (χ4n) is 3.24. The zero-order valence-electron chi connectivity index (χ0n) is 15.6. The van der Waals surface area contributed by atoms with Crippen molar-refractivity contribution in [2.24, 2.45) is 5.41 Å². The Morgan fingerprint density at radius 3 is 2.15 bits per heavy atom. The van der Waals surface area contributed by atoms with Gasteiger partial charge in [-0.2, -0.15) is 0 Å². The molecule has 0 bridgehead atoms. The van der Waals surface area contributed by atoms with Gasteiger partial charge in [0.05, 0.1) is 18.5 Å². The Hall–Kier alpha value is -1.41. The van der Waals surface area contributed by atoms with Crippen LogP contribution >= 0.6 is 35.1 Å². The molecule has 1 saturated heterocycles. The fraction of sp³-hybridized carbons (Fsp3) is 0.474. The second kappa shape index (κ2) is 9.68. The van der Waals surface area contributed by atoms with E-state index < -0.39 is 5.41 Å². The molecule has 0 aromatic carbocycles. The van der Waals surface area contributed by atoms with Crippen molar-refractivity contribution in [3.8, 4) is 0 Å². The highest BCUT2D eigenvalue weighted by atomic mass is 35.5. The second-order valence-corrected chi connectivity index (χ2v) is 8.90. The number of carbonyl (C=O) groups is 2. The first kappa shape index (κ1) is 21.9. The second-order valence-electron chi connectivity index (χ2n) is 6.90. The molecular formula is C19H26ClN3O2S2. The highest BCUT2D eigenvalue weighted by Gasteiger charge is 2.42. The third-order valence-corrected chi connectivity index (χ3v) is 7.06. The molecule has 1 aliphatic rings. The van der Waals surface area contributed by atoms with Gasteiger partial charge < -0.3 is 16.0 Å². The number of nitrogens with one attached hydrogen (secondary N) is 3. The predicted molar refractivity (Wildman–Crippen MR) is 114 cm³/mol. The minimum absolute atomic E-state index is 0. The number of halogens is 1. The average molecular weight is 428 g/mol. The standard InChI is InChI=1S/C19H25N3O2S2.ClH/c1-13-3-7-25-15(13)10-21-17(23)9-19(5-6-20-12-19)18(24)22-11-16-14(2)4-8-26-16;/h3-4,7-8,20H,5-6,9-12H2,1-2H3,(H,21,23)(H,22,24);1H. The van der Waals surface area contributed by atoms with E-state index in [1.54, 1.807) is 22.7 Å². The molecule has 5 nitrogen and oxygen atoms in total. The van der Waals surface area contributed by atoms with Crippen molar-refractivity contribution in [3.63, 3.8) is 0 Å². The first-order valence-electron chi connectivity index (χ1n) is 8.82. The summed E-state index contributed by atoms with van der Waals surface area (Å²) in [6.45, 7) is 6.46. The van der Waals surface area contributed by atoms with Gasteiger partial charge in [0.2, 0.25) is 11.8 Å². The van der Waals surface area contributed by atoms with E-state index in [-0.39, 0.29) is 30.6 Å². The summed E-state index contributed by atoms with van der Waals surface area (Å²) in [5.74, 6) is -0.0956. The van der Waals surface area contributed by atoms with Gasteiger partial charge in [0.25, 0.3) is 0 Å².